The fraction of sp³-hybridized carbons (Fsp3) is 0.143. The van der Waals surface area contributed by atoms with Crippen molar-refractivity contribution in [2.75, 3.05) is 6.61 Å². The summed E-state index contributed by atoms with van der Waals surface area (Å²) in [5.41, 5.74) is 2.70. The zero-order chi connectivity index (χ0) is 18.5. The number of aryl methyl sites for hydroxylation is 1. The molecule has 5 nitrogen and oxygen atoms in total. The number of hydrogen-bond donors (Lipinski definition) is 2. The van der Waals surface area contributed by atoms with E-state index in [-0.39, 0.29) is 5.69 Å². The van der Waals surface area contributed by atoms with Crippen LogP contribution in [0.4, 0.5) is 0 Å². The van der Waals surface area contributed by atoms with Crippen molar-refractivity contribution >= 4 is 5.78 Å². The molecule has 5 heteroatoms. The smallest absolute Gasteiger partial charge is 0.211 e. The van der Waals surface area contributed by atoms with E-state index in [2.05, 4.69) is 4.98 Å². The molecule has 132 valence electrons. The molecule has 3 rings (SSSR count). The zero-order valence-electron chi connectivity index (χ0n) is 14.3. The Balaban J connectivity index is 1.78. The summed E-state index contributed by atoms with van der Waals surface area (Å²) in [4.78, 5) is 16.2. The van der Waals surface area contributed by atoms with E-state index in [0.717, 1.165) is 11.3 Å². The Labute approximate surface area is 151 Å². The van der Waals surface area contributed by atoms with Gasteiger partial charge in [0.15, 0.2) is 0 Å². The van der Waals surface area contributed by atoms with Gasteiger partial charge in [-0.15, -0.1) is 0 Å². The summed E-state index contributed by atoms with van der Waals surface area (Å²) in [6, 6.07) is 20.1. The maximum atomic E-state index is 11.9. The van der Waals surface area contributed by atoms with Gasteiger partial charge in [-0.25, -0.2) is 4.98 Å². The fourth-order valence-corrected chi connectivity index (χ4v) is 2.42. The number of aromatic nitrogens is 1. The lowest BCUT2D eigenvalue weighted by molar-refractivity contribution is 0.0582. The van der Waals surface area contributed by atoms with Crippen LogP contribution in [-0.2, 0) is 0 Å². The van der Waals surface area contributed by atoms with Crippen molar-refractivity contribution in [1.29, 1.82) is 0 Å². The number of hydrogen-bond acceptors (Lipinski definition) is 5. The average molecular weight is 349 g/mol. The van der Waals surface area contributed by atoms with Gasteiger partial charge in [0.05, 0.1) is 12.3 Å². The normalized spacial score (nSPS) is 11.8. The molecule has 0 amide bonds. The van der Waals surface area contributed by atoms with E-state index < -0.39 is 18.5 Å². The molecule has 0 aliphatic rings. The molecule has 0 unspecified atom stereocenters. The van der Waals surface area contributed by atoms with Gasteiger partial charge < -0.3 is 14.9 Å². The fourth-order valence-electron chi connectivity index (χ4n) is 2.42. The molecule has 26 heavy (non-hydrogen) atoms. The molecule has 1 heterocycles. The number of aliphatic hydroxyl groups excluding tert-OH is 2. The van der Waals surface area contributed by atoms with Crippen LogP contribution >= 0.6 is 0 Å². The monoisotopic (exact) mass is 349 g/mol. The van der Waals surface area contributed by atoms with Gasteiger partial charge in [0.2, 0.25) is 5.78 Å². The van der Waals surface area contributed by atoms with Crippen molar-refractivity contribution < 1.29 is 19.7 Å². The van der Waals surface area contributed by atoms with E-state index in [9.17, 15) is 9.90 Å². The first-order valence-electron chi connectivity index (χ1n) is 8.22. The number of pyridine rings is 1. The summed E-state index contributed by atoms with van der Waals surface area (Å²) in [6.07, 6.45) is -1.46. The molecule has 0 spiro atoms. The third-order valence-corrected chi connectivity index (χ3v) is 3.88. The van der Waals surface area contributed by atoms with Gasteiger partial charge in [0, 0.05) is 5.56 Å². The lowest BCUT2D eigenvalue weighted by Crippen LogP contribution is -2.25. The van der Waals surface area contributed by atoms with Crippen LogP contribution in [0.5, 0.6) is 11.5 Å². The topological polar surface area (TPSA) is 79.7 Å². The first kappa shape index (κ1) is 17.8. The molecule has 0 saturated carbocycles. The molecule has 3 aromatic rings. The highest BCUT2D eigenvalue weighted by Crippen LogP contribution is 2.25. The number of carbonyl (C=O) groups is 1. The zero-order valence-corrected chi connectivity index (χ0v) is 14.3. The molecule has 0 aliphatic carbocycles. The highest BCUT2D eigenvalue weighted by Gasteiger charge is 2.17. The summed E-state index contributed by atoms with van der Waals surface area (Å²) in [7, 11) is 0. The van der Waals surface area contributed by atoms with Crippen molar-refractivity contribution in [3.8, 4) is 22.8 Å². The van der Waals surface area contributed by atoms with Crippen molar-refractivity contribution in [3.63, 3.8) is 0 Å². The van der Waals surface area contributed by atoms with Gasteiger partial charge in [0.25, 0.3) is 0 Å². The predicted molar refractivity (Wildman–Crippen MR) is 98.3 cm³/mol. The summed E-state index contributed by atoms with van der Waals surface area (Å²) in [6.45, 7) is 1.39. The quantitative estimate of drug-likeness (QED) is 0.667. The van der Waals surface area contributed by atoms with Gasteiger partial charge >= 0.3 is 0 Å². The Kier molecular flexibility index (Phi) is 5.41. The van der Waals surface area contributed by atoms with Gasteiger partial charge in [-0.1, -0.05) is 23.8 Å². The van der Waals surface area contributed by atoms with E-state index >= 15 is 0 Å². The van der Waals surface area contributed by atoms with E-state index in [1.807, 2.05) is 55.5 Å². The van der Waals surface area contributed by atoms with Crippen molar-refractivity contribution in [3.05, 3.63) is 78.0 Å². The van der Waals surface area contributed by atoms with Crippen molar-refractivity contribution in [2.45, 2.75) is 13.0 Å². The maximum absolute atomic E-state index is 11.9. The Morgan fingerprint density at radius 3 is 2.23 bits per heavy atom. The van der Waals surface area contributed by atoms with Crippen LogP contribution in [0.25, 0.3) is 11.3 Å². The van der Waals surface area contributed by atoms with Crippen molar-refractivity contribution in [2.24, 2.45) is 0 Å². The third kappa shape index (κ3) is 4.14. The van der Waals surface area contributed by atoms with Gasteiger partial charge in [0.1, 0.15) is 23.3 Å². The number of ether oxygens (including phenoxy) is 1. The molecule has 0 aliphatic heterocycles. The lowest BCUT2D eigenvalue weighted by Gasteiger charge is -2.09. The number of Topliss-reactive ketones (excluding diaryl/α,β-unsaturated/α-hetero) is 1. The molecule has 1 aromatic heterocycles. The van der Waals surface area contributed by atoms with Crippen LogP contribution in [0, 0.1) is 6.92 Å². The van der Waals surface area contributed by atoms with Crippen LogP contribution in [0.15, 0.2) is 66.7 Å². The average Bonchev–Trinajstić information content (AvgIpc) is 2.69. The second kappa shape index (κ2) is 7.91. The second-order valence-corrected chi connectivity index (χ2v) is 5.91. The van der Waals surface area contributed by atoms with Crippen LogP contribution in [0.3, 0.4) is 0 Å². The second-order valence-electron chi connectivity index (χ2n) is 5.91. The molecule has 0 bridgehead atoms. The maximum Gasteiger partial charge on any atom is 0.211 e. The van der Waals surface area contributed by atoms with Crippen LogP contribution < -0.4 is 4.74 Å². The number of ketones is 1. The predicted octanol–water partition coefficient (Wildman–Crippen LogP) is 3.39. The standard InChI is InChI=1S/C21H19NO4/c1-14-5-9-16(10-6-14)26-17-11-7-15(8-12-17)18-3-2-4-19(22-18)21(25)20(24)13-23/h2-12,20,23-24H,13H2,1H3/t20-/m1/s1. The van der Waals surface area contributed by atoms with Crippen molar-refractivity contribution in [1.82, 2.24) is 4.98 Å². The minimum Gasteiger partial charge on any atom is -0.457 e. The van der Waals surface area contributed by atoms with Gasteiger partial charge in [-0.2, -0.15) is 0 Å². The lowest BCUT2D eigenvalue weighted by atomic mass is 10.1. The van der Waals surface area contributed by atoms with Crippen LogP contribution in [0.2, 0.25) is 0 Å². The highest BCUT2D eigenvalue weighted by molar-refractivity contribution is 5.98. The number of benzene rings is 2. The Bertz CT molecular complexity index is 889. The van der Waals surface area contributed by atoms with Gasteiger partial charge in [-0.05, 0) is 55.5 Å². The number of nitrogens with zero attached hydrogens (tertiary/aromatic N) is 1. The first-order valence-corrected chi connectivity index (χ1v) is 8.22. The summed E-state index contributed by atoms with van der Waals surface area (Å²) in [5, 5.41) is 18.4. The highest BCUT2D eigenvalue weighted by atomic mass is 16.5. The van der Waals surface area contributed by atoms with E-state index in [1.54, 1.807) is 12.1 Å². The molecule has 1 atom stereocenters. The molecule has 0 fully saturated rings. The van der Waals surface area contributed by atoms with E-state index in [0.29, 0.717) is 11.4 Å². The molecular weight excluding hydrogens is 330 g/mol. The molecule has 0 saturated heterocycles. The SMILES string of the molecule is Cc1ccc(Oc2ccc(-c3cccc(C(=O)[C@H](O)CO)n3)cc2)cc1. The van der Waals surface area contributed by atoms with E-state index in [4.69, 9.17) is 9.84 Å². The first-order chi connectivity index (χ1) is 12.6. The summed E-state index contributed by atoms with van der Waals surface area (Å²) >= 11 is 0. The van der Waals surface area contributed by atoms with Crippen LogP contribution in [-0.4, -0.2) is 33.7 Å². The molecule has 0 radical (unpaired) electrons. The Morgan fingerprint density at radius 1 is 1.00 bits per heavy atom. The Morgan fingerprint density at radius 2 is 1.62 bits per heavy atom. The number of aliphatic hydroxyl groups is 2. The van der Waals surface area contributed by atoms with Gasteiger partial charge in [-0.3, -0.25) is 4.79 Å². The number of rotatable bonds is 6. The third-order valence-electron chi connectivity index (χ3n) is 3.88. The van der Waals surface area contributed by atoms with Crippen LogP contribution in [0.1, 0.15) is 16.1 Å². The minimum absolute atomic E-state index is 0.115. The number of carbonyl (C=O) groups excluding carboxylic acids is 1. The molecule has 2 aromatic carbocycles. The Hall–Kier alpha value is -3.02. The summed E-state index contributed by atoms with van der Waals surface area (Å²) < 4.78 is 5.80. The summed E-state index contributed by atoms with van der Waals surface area (Å²) in [5.74, 6) is 0.848. The molecule has 2 N–H and O–H groups in total. The molecular formula is C21H19NO4. The van der Waals surface area contributed by atoms with E-state index in [1.165, 1.54) is 11.6 Å². The largest absolute Gasteiger partial charge is 0.457 e. The minimum atomic E-state index is -1.46.